The second-order valence-corrected chi connectivity index (χ2v) is 5.13. The molecule has 0 aliphatic heterocycles. The first kappa shape index (κ1) is 15.2. The van der Waals surface area contributed by atoms with E-state index in [2.05, 4.69) is 38.4 Å². The first-order valence-corrected chi connectivity index (χ1v) is 7.13. The molecule has 1 aromatic heterocycles. The van der Waals surface area contributed by atoms with Gasteiger partial charge in [-0.25, -0.2) is 5.43 Å². The fraction of sp³-hybridized carbons (Fsp3) is 0.0714. The van der Waals surface area contributed by atoms with Gasteiger partial charge in [-0.05, 0) is 46.9 Å². The number of nitrogens with one attached hydrogen (secondary N) is 2. The summed E-state index contributed by atoms with van der Waals surface area (Å²) in [5.41, 5.74) is 2.83. The van der Waals surface area contributed by atoms with E-state index in [9.17, 15) is 9.59 Å². The number of nitrogens with zero attached hydrogens (tertiary/aromatic N) is 1. The summed E-state index contributed by atoms with van der Waals surface area (Å²) in [4.78, 5) is 23.4. The molecule has 2 amide bonds. The van der Waals surface area contributed by atoms with Gasteiger partial charge in [-0.2, -0.15) is 5.10 Å². The van der Waals surface area contributed by atoms with E-state index in [1.807, 2.05) is 12.1 Å². The molecule has 0 aliphatic carbocycles. The van der Waals surface area contributed by atoms with E-state index in [1.165, 1.54) is 12.5 Å². The minimum absolute atomic E-state index is 0.153. The third kappa shape index (κ3) is 4.71. The predicted octanol–water partition coefficient (Wildman–Crippen LogP) is 1.76. The number of hydrogen-bond donors (Lipinski definition) is 2. The van der Waals surface area contributed by atoms with Crippen LogP contribution in [0.2, 0.25) is 0 Å². The largest absolute Gasteiger partial charge is 0.463 e. The molecule has 6 nitrogen and oxygen atoms in total. The van der Waals surface area contributed by atoms with E-state index in [-0.39, 0.29) is 12.5 Å². The Morgan fingerprint density at radius 2 is 2.05 bits per heavy atom. The van der Waals surface area contributed by atoms with Crippen LogP contribution in [0.1, 0.15) is 16.1 Å². The molecule has 7 heteroatoms. The summed E-state index contributed by atoms with van der Waals surface area (Å²) >= 11 is 2.07. The van der Waals surface area contributed by atoms with Crippen molar-refractivity contribution in [2.24, 2.45) is 5.10 Å². The van der Waals surface area contributed by atoms with Crippen molar-refractivity contribution < 1.29 is 14.0 Å². The lowest BCUT2D eigenvalue weighted by atomic mass is 10.2. The van der Waals surface area contributed by atoms with Crippen LogP contribution < -0.4 is 10.7 Å². The van der Waals surface area contributed by atoms with Crippen molar-refractivity contribution in [1.82, 2.24) is 10.7 Å². The number of carbonyl (C=O) groups is 2. The Bertz CT molecular complexity index is 653. The van der Waals surface area contributed by atoms with Crippen molar-refractivity contribution in [3.05, 3.63) is 57.6 Å². The number of rotatable bonds is 5. The molecule has 0 unspecified atom stereocenters. The lowest BCUT2D eigenvalue weighted by molar-refractivity contribution is -0.120. The Balaban J connectivity index is 1.79. The number of hydrogen-bond acceptors (Lipinski definition) is 4. The van der Waals surface area contributed by atoms with E-state index in [1.54, 1.807) is 24.3 Å². The van der Waals surface area contributed by atoms with Gasteiger partial charge in [0.2, 0.25) is 0 Å². The van der Waals surface area contributed by atoms with Gasteiger partial charge in [-0.3, -0.25) is 9.59 Å². The van der Waals surface area contributed by atoms with E-state index in [0.717, 1.165) is 3.57 Å². The van der Waals surface area contributed by atoms with Gasteiger partial charge in [0.05, 0.1) is 24.6 Å². The normalized spacial score (nSPS) is 10.5. The van der Waals surface area contributed by atoms with Crippen molar-refractivity contribution in [2.75, 3.05) is 6.54 Å². The van der Waals surface area contributed by atoms with Gasteiger partial charge in [0.1, 0.15) is 5.76 Å². The van der Waals surface area contributed by atoms with Crippen molar-refractivity contribution in [1.29, 1.82) is 0 Å². The summed E-state index contributed by atoms with van der Waals surface area (Å²) in [5, 5.41) is 6.24. The van der Waals surface area contributed by atoms with E-state index in [4.69, 9.17) is 4.42 Å². The number of amides is 2. The molecule has 1 aromatic carbocycles. The third-order valence-corrected chi connectivity index (χ3v) is 3.39. The topological polar surface area (TPSA) is 83.7 Å². The van der Waals surface area contributed by atoms with Crippen LogP contribution in [0, 0.1) is 3.57 Å². The minimum atomic E-state index is -0.419. The summed E-state index contributed by atoms with van der Waals surface area (Å²) in [6, 6.07) is 10.5. The zero-order valence-electron chi connectivity index (χ0n) is 10.9. The van der Waals surface area contributed by atoms with E-state index >= 15 is 0 Å². The second-order valence-electron chi connectivity index (χ2n) is 3.97. The van der Waals surface area contributed by atoms with Gasteiger partial charge in [-0.15, -0.1) is 0 Å². The molecule has 0 aliphatic rings. The summed E-state index contributed by atoms with van der Waals surface area (Å²) in [6.07, 6.45) is 2.88. The fourth-order valence-electron chi connectivity index (χ4n) is 1.47. The smallest absolute Gasteiger partial charge is 0.259 e. The molecule has 2 aromatic rings. The monoisotopic (exact) mass is 397 g/mol. The maximum Gasteiger partial charge on any atom is 0.259 e. The molecule has 0 fully saturated rings. The second kappa shape index (κ2) is 7.58. The van der Waals surface area contributed by atoms with Gasteiger partial charge < -0.3 is 9.73 Å². The maximum absolute atomic E-state index is 11.9. The Hall–Kier alpha value is -2.16. The first-order valence-electron chi connectivity index (χ1n) is 6.05. The standard InChI is InChI=1S/C14H12IN3O3/c15-12-6-2-1-5-11(12)14(20)16-9-13(19)18-17-8-10-4-3-7-21-10/h1-8H,9H2,(H,16,20)(H,18,19)/b17-8+. The van der Waals surface area contributed by atoms with Gasteiger partial charge in [-0.1, -0.05) is 12.1 Å². The average Bonchev–Trinajstić information content (AvgIpc) is 2.98. The molecule has 1 heterocycles. The predicted molar refractivity (Wildman–Crippen MR) is 85.9 cm³/mol. The molecule has 0 saturated heterocycles. The van der Waals surface area contributed by atoms with E-state index in [0.29, 0.717) is 11.3 Å². The third-order valence-electron chi connectivity index (χ3n) is 2.45. The number of benzene rings is 1. The quantitative estimate of drug-likeness (QED) is 0.458. The number of carbonyl (C=O) groups excluding carboxylic acids is 2. The van der Waals surface area contributed by atoms with Crippen molar-refractivity contribution in [2.45, 2.75) is 0 Å². The van der Waals surface area contributed by atoms with Gasteiger partial charge in [0.25, 0.3) is 11.8 Å². The van der Waals surface area contributed by atoms with Crippen molar-refractivity contribution >= 4 is 40.6 Å². The molecular formula is C14H12IN3O3. The van der Waals surface area contributed by atoms with Crippen LogP contribution in [0.15, 0.2) is 52.2 Å². The summed E-state index contributed by atoms with van der Waals surface area (Å²) < 4.78 is 5.84. The molecule has 2 rings (SSSR count). The Labute approximate surface area is 134 Å². The molecule has 0 spiro atoms. The van der Waals surface area contributed by atoms with Crippen molar-refractivity contribution in [3.8, 4) is 0 Å². The maximum atomic E-state index is 11.9. The fourth-order valence-corrected chi connectivity index (χ4v) is 2.11. The Kier molecular flexibility index (Phi) is 5.50. The number of furan rings is 1. The molecule has 2 N–H and O–H groups in total. The van der Waals surface area contributed by atoms with Crippen LogP contribution in [-0.2, 0) is 4.79 Å². The molecule has 0 atom stereocenters. The van der Waals surface area contributed by atoms with Crippen LogP contribution in [0.4, 0.5) is 0 Å². The Morgan fingerprint density at radius 1 is 1.24 bits per heavy atom. The number of hydrazone groups is 1. The summed E-state index contributed by atoms with van der Waals surface area (Å²) in [7, 11) is 0. The van der Waals surface area contributed by atoms with E-state index < -0.39 is 5.91 Å². The Morgan fingerprint density at radius 3 is 2.76 bits per heavy atom. The van der Waals surface area contributed by atoms with Crippen LogP contribution in [0.25, 0.3) is 0 Å². The van der Waals surface area contributed by atoms with Crippen LogP contribution in [0.3, 0.4) is 0 Å². The first-order chi connectivity index (χ1) is 10.2. The molecular weight excluding hydrogens is 385 g/mol. The molecule has 0 bridgehead atoms. The molecule has 0 saturated carbocycles. The molecule has 21 heavy (non-hydrogen) atoms. The summed E-state index contributed by atoms with van der Waals surface area (Å²) in [6.45, 7) is -0.153. The highest BCUT2D eigenvalue weighted by molar-refractivity contribution is 14.1. The lowest BCUT2D eigenvalue weighted by Gasteiger charge is -2.05. The van der Waals surface area contributed by atoms with Crippen LogP contribution in [-0.4, -0.2) is 24.6 Å². The van der Waals surface area contributed by atoms with Crippen LogP contribution >= 0.6 is 22.6 Å². The highest BCUT2D eigenvalue weighted by atomic mass is 127. The number of halogens is 1. The minimum Gasteiger partial charge on any atom is -0.463 e. The van der Waals surface area contributed by atoms with Gasteiger partial charge >= 0.3 is 0 Å². The SMILES string of the molecule is O=C(CNC(=O)c1ccccc1I)N/N=C/c1ccco1. The zero-order valence-corrected chi connectivity index (χ0v) is 13.0. The van der Waals surface area contributed by atoms with Crippen molar-refractivity contribution in [3.63, 3.8) is 0 Å². The molecule has 0 radical (unpaired) electrons. The van der Waals surface area contributed by atoms with Crippen LogP contribution in [0.5, 0.6) is 0 Å². The van der Waals surface area contributed by atoms with Gasteiger partial charge in [0, 0.05) is 3.57 Å². The van der Waals surface area contributed by atoms with Gasteiger partial charge in [0.15, 0.2) is 0 Å². The lowest BCUT2D eigenvalue weighted by Crippen LogP contribution is -2.35. The zero-order chi connectivity index (χ0) is 15.1. The highest BCUT2D eigenvalue weighted by Gasteiger charge is 2.10. The molecule has 108 valence electrons. The summed E-state index contributed by atoms with van der Waals surface area (Å²) in [5.74, 6) is -0.194. The highest BCUT2D eigenvalue weighted by Crippen LogP contribution is 2.10. The average molecular weight is 397 g/mol.